The zero-order valence-electron chi connectivity index (χ0n) is 8.97. The molecule has 15 heavy (non-hydrogen) atoms. The van der Waals surface area contributed by atoms with Gasteiger partial charge in [-0.25, -0.2) is 0 Å². The Bertz CT molecular complexity index is 292. The SMILES string of the molecule is Clc1ccc(CNCCC2CCCC2)o1. The lowest BCUT2D eigenvalue weighted by Crippen LogP contribution is -2.16. The third-order valence-corrected chi connectivity index (χ3v) is 3.34. The molecule has 0 unspecified atom stereocenters. The molecule has 1 heterocycles. The molecule has 1 aliphatic carbocycles. The van der Waals surface area contributed by atoms with Crippen LogP contribution in [0.3, 0.4) is 0 Å². The molecule has 2 rings (SSSR count). The Morgan fingerprint density at radius 1 is 1.33 bits per heavy atom. The van der Waals surface area contributed by atoms with Gasteiger partial charge in [0.1, 0.15) is 5.76 Å². The van der Waals surface area contributed by atoms with Gasteiger partial charge < -0.3 is 9.73 Å². The highest BCUT2D eigenvalue weighted by Gasteiger charge is 2.13. The van der Waals surface area contributed by atoms with Crippen LogP contribution in [0.25, 0.3) is 0 Å². The molecule has 1 saturated carbocycles. The number of rotatable bonds is 5. The van der Waals surface area contributed by atoms with Crippen molar-refractivity contribution in [2.75, 3.05) is 6.54 Å². The smallest absolute Gasteiger partial charge is 0.193 e. The molecule has 1 N–H and O–H groups in total. The van der Waals surface area contributed by atoms with Crippen LogP contribution in [0.15, 0.2) is 16.5 Å². The normalized spacial score (nSPS) is 17.4. The molecule has 0 aliphatic heterocycles. The van der Waals surface area contributed by atoms with E-state index in [0.717, 1.165) is 24.8 Å². The van der Waals surface area contributed by atoms with Crippen LogP contribution in [0.4, 0.5) is 0 Å². The largest absolute Gasteiger partial charge is 0.448 e. The third kappa shape index (κ3) is 3.54. The minimum atomic E-state index is 0.475. The maximum atomic E-state index is 5.68. The molecular formula is C12H18ClNO. The van der Waals surface area contributed by atoms with Gasteiger partial charge >= 0.3 is 0 Å². The molecule has 1 fully saturated rings. The Morgan fingerprint density at radius 2 is 2.13 bits per heavy atom. The van der Waals surface area contributed by atoms with Crippen LogP contribution in [0.5, 0.6) is 0 Å². The predicted molar refractivity (Wildman–Crippen MR) is 62.0 cm³/mol. The number of halogens is 1. The minimum Gasteiger partial charge on any atom is -0.448 e. The summed E-state index contributed by atoms with van der Waals surface area (Å²) in [6.45, 7) is 1.88. The van der Waals surface area contributed by atoms with Gasteiger partial charge in [0, 0.05) is 0 Å². The molecule has 0 amide bonds. The Labute approximate surface area is 96.0 Å². The van der Waals surface area contributed by atoms with Gasteiger partial charge in [0.15, 0.2) is 5.22 Å². The number of nitrogens with one attached hydrogen (secondary N) is 1. The van der Waals surface area contributed by atoms with E-state index in [1.165, 1.54) is 32.1 Å². The van der Waals surface area contributed by atoms with Crippen LogP contribution in [0, 0.1) is 5.92 Å². The van der Waals surface area contributed by atoms with E-state index >= 15 is 0 Å². The van der Waals surface area contributed by atoms with Crippen molar-refractivity contribution in [2.24, 2.45) is 5.92 Å². The summed E-state index contributed by atoms with van der Waals surface area (Å²) in [6.07, 6.45) is 7.01. The Morgan fingerprint density at radius 3 is 2.80 bits per heavy atom. The van der Waals surface area contributed by atoms with E-state index < -0.39 is 0 Å². The van der Waals surface area contributed by atoms with E-state index in [9.17, 15) is 0 Å². The quantitative estimate of drug-likeness (QED) is 0.778. The molecule has 0 atom stereocenters. The fraction of sp³-hybridized carbons (Fsp3) is 0.667. The molecule has 84 valence electrons. The molecular weight excluding hydrogens is 210 g/mol. The lowest BCUT2D eigenvalue weighted by Gasteiger charge is -2.08. The van der Waals surface area contributed by atoms with E-state index in [2.05, 4.69) is 5.32 Å². The van der Waals surface area contributed by atoms with Gasteiger partial charge in [-0.1, -0.05) is 25.7 Å². The van der Waals surface area contributed by atoms with E-state index in [4.69, 9.17) is 16.0 Å². The van der Waals surface area contributed by atoms with E-state index in [1.807, 2.05) is 6.07 Å². The summed E-state index contributed by atoms with van der Waals surface area (Å²) in [5.41, 5.74) is 0. The predicted octanol–water partition coefficient (Wildman–Crippen LogP) is 3.60. The molecule has 0 spiro atoms. The van der Waals surface area contributed by atoms with Crippen LogP contribution in [-0.2, 0) is 6.54 Å². The van der Waals surface area contributed by atoms with Gasteiger partial charge in [-0.2, -0.15) is 0 Å². The highest BCUT2D eigenvalue weighted by atomic mass is 35.5. The van der Waals surface area contributed by atoms with Crippen LogP contribution in [0.2, 0.25) is 5.22 Å². The van der Waals surface area contributed by atoms with Gasteiger partial charge in [0.2, 0.25) is 0 Å². The van der Waals surface area contributed by atoms with Gasteiger partial charge in [0.05, 0.1) is 6.54 Å². The Balaban J connectivity index is 1.58. The monoisotopic (exact) mass is 227 g/mol. The number of furan rings is 1. The summed E-state index contributed by atoms with van der Waals surface area (Å²) in [6, 6.07) is 3.71. The van der Waals surface area contributed by atoms with Crippen LogP contribution in [-0.4, -0.2) is 6.54 Å². The molecule has 3 heteroatoms. The van der Waals surface area contributed by atoms with Crippen molar-refractivity contribution in [1.82, 2.24) is 5.32 Å². The van der Waals surface area contributed by atoms with Crippen molar-refractivity contribution in [3.05, 3.63) is 23.1 Å². The summed E-state index contributed by atoms with van der Waals surface area (Å²) >= 11 is 5.68. The van der Waals surface area contributed by atoms with Gasteiger partial charge in [-0.15, -0.1) is 0 Å². The first-order valence-corrected chi connectivity index (χ1v) is 6.17. The Hall–Kier alpha value is -0.470. The standard InChI is InChI=1S/C12H18ClNO/c13-12-6-5-11(15-12)9-14-8-7-10-3-1-2-4-10/h5-6,10,14H,1-4,7-9H2. The van der Waals surface area contributed by atoms with Gasteiger partial charge in [-0.3, -0.25) is 0 Å². The highest BCUT2D eigenvalue weighted by molar-refractivity contribution is 6.28. The van der Waals surface area contributed by atoms with Gasteiger partial charge in [0.25, 0.3) is 0 Å². The zero-order chi connectivity index (χ0) is 10.5. The molecule has 0 radical (unpaired) electrons. The minimum absolute atomic E-state index is 0.475. The summed E-state index contributed by atoms with van der Waals surface area (Å²) in [5.74, 6) is 1.88. The van der Waals surface area contributed by atoms with Crippen molar-refractivity contribution < 1.29 is 4.42 Å². The van der Waals surface area contributed by atoms with Crippen LogP contribution in [0.1, 0.15) is 37.9 Å². The average Bonchev–Trinajstić information content (AvgIpc) is 2.84. The maximum Gasteiger partial charge on any atom is 0.193 e. The summed E-state index contributed by atoms with van der Waals surface area (Å²) < 4.78 is 5.26. The van der Waals surface area contributed by atoms with Crippen molar-refractivity contribution in [1.29, 1.82) is 0 Å². The topological polar surface area (TPSA) is 25.2 Å². The van der Waals surface area contributed by atoms with Crippen molar-refractivity contribution in [3.8, 4) is 0 Å². The zero-order valence-corrected chi connectivity index (χ0v) is 9.72. The third-order valence-electron chi connectivity index (χ3n) is 3.13. The summed E-state index contributed by atoms with van der Waals surface area (Å²) in [5, 5.41) is 3.86. The lowest BCUT2D eigenvalue weighted by molar-refractivity contribution is 0.447. The summed E-state index contributed by atoms with van der Waals surface area (Å²) in [4.78, 5) is 0. The van der Waals surface area contributed by atoms with Crippen molar-refractivity contribution in [2.45, 2.75) is 38.6 Å². The average molecular weight is 228 g/mol. The van der Waals surface area contributed by atoms with Gasteiger partial charge in [-0.05, 0) is 42.6 Å². The molecule has 0 bridgehead atoms. The second-order valence-corrected chi connectivity index (χ2v) is 4.69. The molecule has 2 nitrogen and oxygen atoms in total. The molecule has 1 aromatic heterocycles. The Kier molecular flexibility index (Phi) is 4.09. The lowest BCUT2D eigenvalue weighted by atomic mass is 10.0. The molecule has 1 aliphatic rings. The highest BCUT2D eigenvalue weighted by Crippen LogP contribution is 2.26. The number of hydrogen-bond donors (Lipinski definition) is 1. The first kappa shape index (κ1) is 11.0. The van der Waals surface area contributed by atoms with E-state index in [1.54, 1.807) is 6.07 Å². The second-order valence-electron chi connectivity index (χ2n) is 4.32. The van der Waals surface area contributed by atoms with Crippen molar-refractivity contribution in [3.63, 3.8) is 0 Å². The molecule has 0 aromatic carbocycles. The van der Waals surface area contributed by atoms with Crippen LogP contribution >= 0.6 is 11.6 Å². The van der Waals surface area contributed by atoms with E-state index in [-0.39, 0.29) is 0 Å². The first-order chi connectivity index (χ1) is 7.34. The first-order valence-electron chi connectivity index (χ1n) is 5.79. The van der Waals surface area contributed by atoms with Crippen LogP contribution < -0.4 is 5.32 Å². The fourth-order valence-corrected chi connectivity index (χ4v) is 2.43. The number of hydrogen-bond acceptors (Lipinski definition) is 2. The van der Waals surface area contributed by atoms with E-state index in [0.29, 0.717) is 5.22 Å². The second kappa shape index (κ2) is 5.57. The van der Waals surface area contributed by atoms with Crippen molar-refractivity contribution >= 4 is 11.6 Å². The maximum absolute atomic E-state index is 5.68. The molecule has 1 aromatic rings. The summed E-state index contributed by atoms with van der Waals surface area (Å²) in [7, 11) is 0. The molecule has 0 saturated heterocycles. The fourth-order valence-electron chi connectivity index (χ4n) is 2.26.